The van der Waals surface area contributed by atoms with Crippen molar-refractivity contribution in [2.24, 2.45) is 5.41 Å². The second kappa shape index (κ2) is 6.70. The van der Waals surface area contributed by atoms with Crippen molar-refractivity contribution in [3.8, 4) is 0 Å². The molecule has 90 valence electrons. The van der Waals surface area contributed by atoms with Crippen LogP contribution in [0, 0.1) is 5.41 Å². The number of nitrogens with one attached hydrogen (secondary N) is 1. The van der Waals surface area contributed by atoms with E-state index in [9.17, 15) is 0 Å². The molecule has 0 unspecified atom stereocenters. The van der Waals surface area contributed by atoms with Gasteiger partial charge < -0.3 is 5.32 Å². The Kier molecular flexibility index (Phi) is 5.54. The van der Waals surface area contributed by atoms with Crippen molar-refractivity contribution < 1.29 is 0 Å². The summed E-state index contributed by atoms with van der Waals surface area (Å²) in [6.45, 7) is 9.19. The van der Waals surface area contributed by atoms with Gasteiger partial charge in [0.05, 0.1) is 0 Å². The second-order valence-electron chi connectivity index (χ2n) is 5.33. The van der Waals surface area contributed by atoms with Crippen LogP contribution in [-0.2, 0) is 6.42 Å². The van der Waals surface area contributed by atoms with Crippen LogP contribution in [0.1, 0.15) is 39.2 Å². The predicted molar refractivity (Wildman–Crippen MR) is 71.7 cm³/mol. The fourth-order valence-electron chi connectivity index (χ4n) is 1.97. The molecule has 1 heteroatoms. The van der Waals surface area contributed by atoms with Crippen molar-refractivity contribution in [2.45, 2.75) is 40.0 Å². The fraction of sp³-hybridized carbons (Fsp3) is 0.600. The van der Waals surface area contributed by atoms with Gasteiger partial charge in [-0.15, -0.1) is 0 Å². The smallest absolute Gasteiger partial charge is 0.00437 e. The lowest BCUT2D eigenvalue weighted by Gasteiger charge is -2.25. The average Bonchev–Trinajstić information content (AvgIpc) is 2.25. The van der Waals surface area contributed by atoms with Crippen LogP contribution in [0.15, 0.2) is 30.3 Å². The Hall–Kier alpha value is -0.820. The molecule has 0 fully saturated rings. The zero-order chi connectivity index (χ0) is 11.9. The molecule has 1 aromatic carbocycles. The highest BCUT2D eigenvalue weighted by Crippen LogP contribution is 2.25. The molecule has 1 aromatic rings. The van der Waals surface area contributed by atoms with Gasteiger partial charge in [0, 0.05) is 0 Å². The van der Waals surface area contributed by atoms with Crippen LogP contribution in [0.3, 0.4) is 0 Å². The SMILES string of the molecule is CCCNCCC(C)(C)Cc1ccccc1. The second-order valence-corrected chi connectivity index (χ2v) is 5.33. The van der Waals surface area contributed by atoms with Gasteiger partial charge in [0.1, 0.15) is 0 Å². The van der Waals surface area contributed by atoms with E-state index in [1.807, 2.05) is 0 Å². The zero-order valence-electron chi connectivity index (χ0n) is 10.9. The normalized spacial score (nSPS) is 11.7. The minimum absolute atomic E-state index is 0.391. The first-order valence-corrected chi connectivity index (χ1v) is 6.39. The Balaban J connectivity index is 2.33. The van der Waals surface area contributed by atoms with Gasteiger partial charge in [-0.05, 0) is 43.3 Å². The number of hydrogen-bond donors (Lipinski definition) is 1. The van der Waals surface area contributed by atoms with Crippen LogP contribution in [0.5, 0.6) is 0 Å². The molecule has 0 radical (unpaired) electrons. The molecule has 0 aliphatic carbocycles. The van der Waals surface area contributed by atoms with Crippen molar-refractivity contribution in [3.63, 3.8) is 0 Å². The lowest BCUT2D eigenvalue weighted by atomic mass is 9.83. The molecule has 1 nitrogen and oxygen atoms in total. The fourth-order valence-corrected chi connectivity index (χ4v) is 1.97. The van der Waals surface area contributed by atoms with E-state index < -0.39 is 0 Å². The lowest BCUT2D eigenvalue weighted by molar-refractivity contribution is 0.325. The molecular formula is C15H25N. The molecule has 0 amide bonds. The van der Waals surface area contributed by atoms with Crippen molar-refractivity contribution in [1.29, 1.82) is 0 Å². The van der Waals surface area contributed by atoms with Gasteiger partial charge in [-0.2, -0.15) is 0 Å². The molecule has 0 aliphatic rings. The summed E-state index contributed by atoms with van der Waals surface area (Å²) in [5.74, 6) is 0. The van der Waals surface area contributed by atoms with E-state index in [0.717, 1.165) is 13.1 Å². The summed E-state index contributed by atoms with van der Waals surface area (Å²) in [7, 11) is 0. The van der Waals surface area contributed by atoms with E-state index in [0.29, 0.717) is 5.41 Å². The summed E-state index contributed by atoms with van der Waals surface area (Å²) < 4.78 is 0. The molecule has 0 saturated heterocycles. The molecule has 0 heterocycles. The number of benzene rings is 1. The molecule has 0 aromatic heterocycles. The lowest BCUT2D eigenvalue weighted by Crippen LogP contribution is -2.24. The van der Waals surface area contributed by atoms with E-state index in [2.05, 4.69) is 56.4 Å². The van der Waals surface area contributed by atoms with E-state index >= 15 is 0 Å². The quantitative estimate of drug-likeness (QED) is 0.690. The third-order valence-electron chi connectivity index (χ3n) is 2.93. The van der Waals surface area contributed by atoms with E-state index in [1.54, 1.807) is 0 Å². The molecule has 16 heavy (non-hydrogen) atoms. The van der Waals surface area contributed by atoms with Gasteiger partial charge in [0.15, 0.2) is 0 Å². The molecule has 0 bridgehead atoms. The predicted octanol–water partition coefficient (Wildman–Crippen LogP) is 3.65. The minimum Gasteiger partial charge on any atom is -0.317 e. The first-order chi connectivity index (χ1) is 7.64. The van der Waals surface area contributed by atoms with Crippen LogP contribution in [0.25, 0.3) is 0 Å². The first-order valence-electron chi connectivity index (χ1n) is 6.39. The Morgan fingerprint density at radius 1 is 1.06 bits per heavy atom. The van der Waals surface area contributed by atoms with Gasteiger partial charge in [-0.1, -0.05) is 51.1 Å². The Morgan fingerprint density at radius 2 is 1.75 bits per heavy atom. The van der Waals surface area contributed by atoms with Crippen molar-refractivity contribution in [3.05, 3.63) is 35.9 Å². The van der Waals surface area contributed by atoms with Crippen LogP contribution in [-0.4, -0.2) is 13.1 Å². The molecular weight excluding hydrogens is 194 g/mol. The highest BCUT2D eigenvalue weighted by Gasteiger charge is 2.17. The summed E-state index contributed by atoms with van der Waals surface area (Å²) in [6.07, 6.45) is 3.63. The van der Waals surface area contributed by atoms with E-state index in [1.165, 1.54) is 24.8 Å². The summed E-state index contributed by atoms with van der Waals surface area (Å²) >= 11 is 0. The summed E-state index contributed by atoms with van der Waals surface area (Å²) in [4.78, 5) is 0. The topological polar surface area (TPSA) is 12.0 Å². The molecule has 0 aliphatic heterocycles. The molecule has 1 N–H and O–H groups in total. The highest BCUT2D eigenvalue weighted by atomic mass is 14.8. The van der Waals surface area contributed by atoms with E-state index in [4.69, 9.17) is 0 Å². The number of hydrogen-bond acceptors (Lipinski definition) is 1. The Bertz CT molecular complexity index is 277. The Labute approximate surface area is 100 Å². The third-order valence-corrected chi connectivity index (χ3v) is 2.93. The van der Waals surface area contributed by atoms with Gasteiger partial charge in [-0.3, -0.25) is 0 Å². The third kappa shape index (κ3) is 5.32. The molecule has 1 rings (SSSR count). The number of rotatable bonds is 7. The van der Waals surface area contributed by atoms with Gasteiger partial charge >= 0.3 is 0 Å². The van der Waals surface area contributed by atoms with Crippen LogP contribution >= 0.6 is 0 Å². The Morgan fingerprint density at radius 3 is 2.38 bits per heavy atom. The summed E-state index contributed by atoms with van der Waals surface area (Å²) in [5.41, 5.74) is 1.84. The van der Waals surface area contributed by atoms with Gasteiger partial charge in [0.25, 0.3) is 0 Å². The van der Waals surface area contributed by atoms with E-state index in [-0.39, 0.29) is 0 Å². The van der Waals surface area contributed by atoms with Crippen LogP contribution in [0.4, 0.5) is 0 Å². The van der Waals surface area contributed by atoms with Crippen LogP contribution < -0.4 is 5.32 Å². The monoisotopic (exact) mass is 219 g/mol. The maximum atomic E-state index is 3.48. The largest absolute Gasteiger partial charge is 0.317 e. The van der Waals surface area contributed by atoms with Crippen molar-refractivity contribution in [1.82, 2.24) is 5.32 Å². The minimum atomic E-state index is 0.391. The first kappa shape index (κ1) is 13.2. The van der Waals surface area contributed by atoms with Crippen molar-refractivity contribution >= 4 is 0 Å². The molecule has 0 atom stereocenters. The maximum absolute atomic E-state index is 3.48. The average molecular weight is 219 g/mol. The molecule has 0 spiro atoms. The zero-order valence-corrected chi connectivity index (χ0v) is 10.9. The highest BCUT2D eigenvalue weighted by molar-refractivity contribution is 5.16. The molecule has 0 saturated carbocycles. The maximum Gasteiger partial charge on any atom is -0.00437 e. The van der Waals surface area contributed by atoms with Gasteiger partial charge in [0.2, 0.25) is 0 Å². The standard InChI is InChI=1S/C15H25N/c1-4-11-16-12-10-15(2,3)13-14-8-6-5-7-9-14/h5-9,16H,4,10-13H2,1-3H3. The summed E-state index contributed by atoms with van der Waals surface area (Å²) in [6, 6.07) is 10.8. The van der Waals surface area contributed by atoms with Crippen LogP contribution in [0.2, 0.25) is 0 Å². The van der Waals surface area contributed by atoms with Crippen molar-refractivity contribution in [2.75, 3.05) is 13.1 Å². The van der Waals surface area contributed by atoms with Gasteiger partial charge in [-0.25, -0.2) is 0 Å². The summed E-state index contributed by atoms with van der Waals surface area (Å²) in [5, 5.41) is 3.48.